The van der Waals surface area contributed by atoms with Gasteiger partial charge in [0.25, 0.3) is 0 Å². The molecule has 0 aliphatic heterocycles. The quantitative estimate of drug-likeness (QED) is 0.222. The molecule has 1 heterocycles. The molecule has 0 bridgehead atoms. The van der Waals surface area contributed by atoms with E-state index in [4.69, 9.17) is 8.84 Å². The van der Waals surface area contributed by atoms with Crippen LogP contribution in [0.3, 0.4) is 0 Å². The van der Waals surface area contributed by atoms with Gasteiger partial charge in [0, 0.05) is 6.92 Å². The molecule has 0 fully saturated rings. The van der Waals surface area contributed by atoms with E-state index >= 15 is 0 Å². The zero-order valence-electron chi connectivity index (χ0n) is 19.0. The van der Waals surface area contributed by atoms with Gasteiger partial charge in [-0.05, 0) is 43.0 Å². The smallest absolute Gasteiger partial charge is 0.222 e. The monoisotopic (exact) mass is 415 g/mol. The van der Waals surface area contributed by atoms with E-state index < -0.39 is 8.32 Å². The van der Waals surface area contributed by atoms with Gasteiger partial charge in [-0.3, -0.25) is 4.79 Å². The van der Waals surface area contributed by atoms with Crippen molar-refractivity contribution < 1.29 is 13.6 Å². The minimum Gasteiger partial charge on any atom is -0.435 e. The lowest BCUT2D eigenvalue weighted by Crippen LogP contribution is -2.41. The Morgan fingerprint density at radius 3 is 2.34 bits per heavy atom. The van der Waals surface area contributed by atoms with Crippen LogP contribution in [0.4, 0.5) is 0 Å². The second kappa shape index (κ2) is 10.3. The van der Waals surface area contributed by atoms with E-state index in [1.165, 1.54) is 31.5 Å². The maximum atomic E-state index is 11.6. The normalized spacial score (nSPS) is 13.4. The number of benzene rings is 1. The van der Waals surface area contributed by atoms with Crippen LogP contribution in [0, 0.1) is 0 Å². The van der Waals surface area contributed by atoms with Gasteiger partial charge in [-0.25, -0.2) is 4.98 Å². The number of aryl methyl sites for hydroxylation is 1. The Labute approximate surface area is 177 Å². The van der Waals surface area contributed by atoms with Gasteiger partial charge in [0.2, 0.25) is 5.89 Å². The average molecular weight is 416 g/mol. The summed E-state index contributed by atoms with van der Waals surface area (Å²) in [5.74, 6) is 0.756. The fourth-order valence-corrected chi connectivity index (χ4v) is 4.31. The van der Waals surface area contributed by atoms with Gasteiger partial charge < -0.3 is 8.84 Å². The van der Waals surface area contributed by atoms with Gasteiger partial charge in [0.15, 0.2) is 19.9 Å². The van der Waals surface area contributed by atoms with Gasteiger partial charge in [-0.2, -0.15) is 0 Å². The van der Waals surface area contributed by atoms with Gasteiger partial charge in [0.1, 0.15) is 6.10 Å². The van der Waals surface area contributed by atoms with Crippen molar-refractivity contribution in [2.45, 2.75) is 90.5 Å². The number of hydrogen-bond acceptors (Lipinski definition) is 4. The van der Waals surface area contributed by atoms with E-state index in [1.807, 2.05) is 0 Å². The first-order valence-electron chi connectivity index (χ1n) is 10.8. The van der Waals surface area contributed by atoms with Crippen LogP contribution in [0.5, 0.6) is 0 Å². The first-order valence-corrected chi connectivity index (χ1v) is 13.7. The predicted molar refractivity (Wildman–Crippen MR) is 121 cm³/mol. The molecule has 2 rings (SSSR count). The Kier molecular flexibility index (Phi) is 8.41. The summed E-state index contributed by atoms with van der Waals surface area (Å²) in [5.41, 5.74) is 1.41. The summed E-state index contributed by atoms with van der Waals surface area (Å²) in [6.45, 7) is 12.7. The Bertz CT molecular complexity index is 762. The topological polar surface area (TPSA) is 52.3 Å². The minimum atomic E-state index is -1.97. The van der Waals surface area contributed by atoms with E-state index in [2.05, 4.69) is 69.2 Å². The third kappa shape index (κ3) is 7.23. The lowest BCUT2D eigenvalue weighted by molar-refractivity contribution is 0.0970. The number of carbonyl (C=O) groups excluding carboxylic acids is 1. The predicted octanol–water partition coefficient (Wildman–Crippen LogP) is 7.13. The lowest BCUT2D eigenvalue weighted by Gasteiger charge is -2.38. The molecule has 5 heteroatoms. The van der Waals surface area contributed by atoms with Crippen molar-refractivity contribution in [1.29, 1.82) is 0 Å². The molecule has 1 atom stereocenters. The minimum absolute atomic E-state index is 0.101. The molecule has 2 aromatic rings. The Hall–Kier alpha value is -1.72. The molecular weight excluding hydrogens is 378 g/mol. The van der Waals surface area contributed by atoms with Crippen molar-refractivity contribution in [2.24, 2.45) is 0 Å². The number of nitrogens with zero attached hydrogens (tertiary/aromatic N) is 1. The number of unbranched alkanes of at least 4 members (excludes halogenated alkanes) is 3. The van der Waals surface area contributed by atoms with Crippen LogP contribution < -0.4 is 0 Å². The van der Waals surface area contributed by atoms with Crippen molar-refractivity contribution in [1.82, 2.24) is 4.98 Å². The maximum Gasteiger partial charge on any atom is 0.222 e. The van der Waals surface area contributed by atoms with Crippen LogP contribution >= 0.6 is 0 Å². The summed E-state index contributed by atoms with van der Waals surface area (Å²) in [4.78, 5) is 16.0. The molecule has 0 saturated carbocycles. The van der Waals surface area contributed by atoms with E-state index in [1.54, 1.807) is 0 Å². The Morgan fingerprint density at radius 1 is 1.10 bits per heavy atom. The molecule has 0 saturated heterocycles. The third-order valence-corrected chi connectivity index (χ3v) is 10.4. The molecule has 160 valence electrons. The number of aromatic nitrogens is 1. The van der Waals surface area contributed by atoms with E-state index in [9.17, 15) is 4.79 Å². The van der Waals surface area contributed by atoms with Crippen molar-refractivity contribution in [3.8, 4) is 0 Å². The van der Waals surface area contributed by atoms with Crippen molar-refractivity contribution in [2.75, 3.05) is 0 Å². The molecule has 0 N–H and O–H groups in total. The number of ketones is 1. The molecule has 0 aliphatic carbocycles. The number of oxazole rings is 1. The van der Waals surface area contributed by atoms with Crippen molar-refractivity contribution in [3.63, 3.8) is 0 Å². The lowest BCUT2D eigenvalue weighted by atomic mass is 10.0. The van der Waals surface area contributed by atoms with Crippen LogP contribution in [0.25, 0.3) is 0 Å². The van der Waals surface area contributed by atoms with Crippen LogP contribution in [-0.4, -0.2) is 19.1 Å². The SMILES string of the molecule is CC(=O)c1cnc(C(CCCCCCc2ccccc2)O[Si](C)(C)C(C)(C)C)o1. The molecule has 29 heavy (non-hydrogen) atoms. The van der Waals surface area contributed by atoms with Crippen molar-refractivity contribution in [3.05, 3.63) is 53.7 Å². The van der Waals surface area contributed by atoms with Crippen LogP contribution in [-0.2, 0) is 10.8 Å². The summed E-state index contributed by atoms with van der Waals surface area (Å²) in [6.07, 6.45) is 7.97. The molecule has 0 spiro atoms. The molecule has 1 aromatic carbocycles. The standard InChI is InChI=1S/C24H37NO3Si/c1-19(26)22-18-25-23(27-22)21(28-29(5,6)24(2,3)4)17-13-8-7-10-14-20-15-11-9-12-16-20/h9,11-12,15-16,18,21H,7-8,10,13-14,17H2,1-6H3. The number of hydrogen-bond donors (Lipinski definition) is 0. The zero-order chi connectivity index (χ0) is 21.5. The summed E-state index contributed by atoms with van der Waals surface area (Å²) >= 11 is 0. The first kappa shape index (κ1) is 23.6. The Balaban J connectivity index is 1.91. The molecule has 1 unspecified atom stereocenters. The highest BCUT2D eigenvalue weighted by Crippen LogP contribution is 2.40. The van der Waals surface area contributed by atoms with Gasteiger partial charge in [-0.15, -0.1) is 0 Å². The molecule has 4 nitrogen and oxygen atoms in total. The number of carbonyl (C=O) groups is 1. The molecule has 1 aromatic heterocycles. The number of rotatable bonds is 11. The molecular formula is C24H37NO3Si. The zero-order valence-corrected chi connectivity index (χ0v) is 20.0. The summed E-state index contributed by atoms with van der Waals surface area (Å²) < 4.78 is 12.4. The fraction of sp³-hybridized carbons (Fsp3) is 0.583. The summed E-state index contributed by atoms with van der Waals surface area (Å²) in [6, 6.07) is 10.6. The van der Waals surface area contributed by atoms with Crippen LogP contribution in [0.2, 0.25) is 18.1 Å². The molecule has 0 aliphatic rings. The number of Topliss-reactive ketones (excluding diaryl/α,β-unsaturated/α-hetero) is 1. The maximum absolute atomic E-state index is 11.6. The van der Waals surface area contributed by atoms with Gasteiger partial charge in [-0.1, -0.05) is 70.4 Å². The fourth-order valence-electron chi connectivity index (χ4n) is 3.02. The average Bonchev–Trinajstić information content (AvgIpc) is 3.14. The highest BCUT2D eigenvalue weighted by molar-refractivity contribution is 6.74. The molecule has 0 radical (unpaired) electrons. The highest BCUT2D eigenvalue weighted by Gasteiger charge is 2.40. The van der Waals surface area contributed by atoms with Crippen LogP contribution in [0.1, 0.15) is 87.9 Å². The Morgan fingerprint density at radius 2 is 1.76 bits per heavy atom. The van der Waals surface area contributed by atoms with E-state index in [0.29, 0.717) is 11.7 Å². The van der Waals surface area contributed by atoms with E-state index in [-0.39, 0.29) is 16.9 Å². The summed E-state index contributed by atoms with van der Waals surface area (Å²) in [5, 5.41) is 0.108. The third-order valence-electron chi connectivity index (χ3n) is 5.91. The van der Waals surface area contributed by atoms with Crippen LogP contribution in [0.15, 0.2) is 40.9 Å². The second-order valence-electron chi connectivity index (χ2n) is 9.42. The largest absolute Gasteiger partial charge is 0.435 e. The second-order valence-corrected chi connectivity index (χ2v) is 14.2. The summed E-state index contributed by atoms with van der Waals surface area (Å²) in [7, 11) is -1.97. The van der Waals surface area contributed by atoms with Crippen molar-refractivity contribution >= 4 is 14.1 Å². The van der Waals surface area contributed by atoms with Gasteiger partial charge >= 0.3 is 0 Å². The highest BCUT2D eigenvalue weighted by atomic mass is 28.4. The molecule has 0 amide bonds. The van der Waals surface area contributed by atoms with Gasteiger partial charge in [0.05, 0.1) is 6.20 Å². The first-order chi connectivity index (χ1) is 13.6. The van der Waals surface area contributed by atoms with E-state index in [0.717, 1.165) is 25.7 Å².